The molecule has 2 amide bonds. The number of rotatable bonds is 8. The minimum Gasteiger partial charge on any atom is -0.318 e. The molecule has 0 aromatic heterocycles. The van der Waals surface area contributed by atoms with Gasteiger partial charge in [-0.1, -0.05) is 0 Å². The van der Waals surface area contributed by atoms with Crippen molar-refractivity contribution in [1.29, 1.82) is 0 Å². The first kappa shape index (κ1) is 16.0. The van der Waals surface area contributed by atoms with E-state index in [2.05, 4.69) is 15.5 Å². The molecule has 0 aliphatic carbocycles. The van der Waals surface area contributed by atoms with E-state index in [9.17, 15) is 9.59 Å². The third-order valence-corrected chi connectivity index (χ3v) is 2.34. The van der Waals surface area contributed by atoms with Crippen molar-refractivity contribution in [3.63, 3.8) is 0 Å². The van der Waals surface area contributed by atoms with Gasteiger partial charge in [0.1, 0.15) is 0 Å². The van der Waals surface area contributed by atoms with Gasteiger partial charge in [0.25, 0.3) is 0 Å². The van der Waals surface area contributed by atoms with Crippen LogP contribution in [0.4, 0.5) is 0 Å². The molecule has 0 aliphatic heterocycles. The number of amides is 2. The average molecular weight is 244 g/mol. The maximum Gasteiger partial charge on any atom is 0.240 e. The largest absolute Gasteiger partial charge is 0.318 e. The topological polar surface area (TPSA) is 64.7 Å². The fraction of sp³-hybridized carbons (Fsp3) is 0.818. The van der Waals surface area contributed by atoms with Crippen LogP contribution in [-0.4, -0.2) is 75.5 Å². The predicted octanol–water partition coefficient (Wildman–Crippen LogP) is -1.27. The second-order valence-electron chi connectivity index (χ2n) is 4.25. The molecule has 0 fully saturated rings. The van der Waals surface area contributed by atoms with E-state index in [-0.39, 0.29) is 18.4 Å². The van der Waals surface area contributed by atoms with E-state index in [1.54, 1.807) is 0 Å². The molecule has 0 unspecified atom stereocenters. The third-order valence-electron chi connectivity index (χ3n) is 2.34. The quantitative estimate of drug-likeness (QED) is 0.557. The number of hydrogen-bond acceptors (Lipinski definition) is 5. The number of imide groups is 1. The normalized spacial score (nSPS) is 10.9. The minimum atomic E-state index is -0.311. The zero-order valence-corrected chi connectivity index (χ0v) is 11.2. The minimum absolute atomic E-state index is 0.249. The van der Waals surface area contributed by atoms with Crippen LogP contribution in [0.5, 0.6) is 0 Å². The number of nitrogens with zero attached hydrogens (tertiary/aromatic N) is 2. The smallest absolute Gasteiger partial charge is 0.240 e. The second kappa shape index (κ2) is 9.09. The number of nitrogens with one attached hydrogen (secondary N) is 2. The first-order chi connectivity index (χ1) is 7.95. The van der Waals surface area contributed by atoms with Crippen molar-refractivity contribution >= 4 is 11.8 Å². The maximum absolute atomic E-state index is 11.3. The van der Waals surface area contributed by atoms with Gasteiger partial charge in [0.05, 0.1) is 6.54 Å². The van der Waals surface area contributed by atoms with E-state index in [0.29, 0.717) is 0 Å². The molecule has 0 saturated heterocycles. The third kappa shape index (κ3) is 9.92. The molecule has 6 nitrogen and oxygen atoms in total. The Morgan fingerprint density at radius 3 is 2.18 bits per heavy atom. The summed E-state index contributed by atoms with van der Waals surface area (Å²) < 4.78 is 0. The summed E-state index contributed by atoms with van der Waals surface area (Å²) in [6.07, 6.45) is 0. The number of hydrogen-bond donors (Lipinski definition) is 2. The highest BCUT2D eigenvalue weighted by Crippen LogP contribution is 1.86. The lowest BCUT2D eigenvalue weighted by Gasteiger charge is -2.21. The van der Waals surface area contributed by atoms with Crippen LogP contribution < -0.4 is 10.6 Å². The van der Waals surface area contributed by atoms with Crippen molar-refractivity contribution in [1.82, 2.24) is 20.4 Å². The molecule has 0 saturated carbocycles. The summed E-state index contributed by atoms with van der Waals surface area (Å²) >= 11 is 0. The first-order valence-corrected chi connectivity index (χ1v) is 5.77. The van der Waals surface area contributed by atoms with Gasteiger partial charge in [0, 0.05) is 33.1 Å². The highest BCUT2D eigenvalue weighted by atomic mass is 16.2. The van der Waals surface area contributed by atoms with E-state index in [1.807, 2.05) is 26.0 Å². The van der Waals surface area contributed by atoms with Gasteiger partial charge >= 0.3 is 0 Å². The Labute approximate surface area is 103 Å². The average Bonchev–Trinajstić information content (AvgIpc) is 2.22. The number of carbonyl (C=O) groups excluding carboxylic acids is 2. The van der Waals surface area contributed by atoms with Crippen LogP contribution >= 0.6 is 0 Å². The summed E-state index contributed by atoms with van der Waals surface area (Å²) in [5.41, 5.74) is 0. The zero-order valence-electron chi connectivity index (χ0n) is 11.2. The van der Waals surface area contributed by atoms with Gasteiger partial charge in [-0.15, -0.1) is 0 Å². The summed E-state index contributed by atoms with van der Waals surface area (Å²) in [6.45, 7) is 5.20. The van der Waals surface area contributed by atoms with Crippen LogP contribution in [0.15, 0.2) is 0 Å². The van der Waals surface area contributed by atoms with E-state index in [4.69, 9.17) is 0 Å². The van der Waals surface area contributed by atoms with Gasteiger partial charge in [-0.3, -0.25) is 19.8 Å². The highest BCUT2D eigenvalue weighted by molar-refractivity contribution is 5.94. The van der Waals surface area contributed by atoms with Gasteiger partial charge in [0.2, 0.25) is 11.8 Å². The van der Waals surface area contributed by atoms with E-state index in [1.165, 1.54) is 6.92 Å². The van der Waals surface area contributed by atoms with Crippen LogP contribution in [0.3, 0.4) is 0 Å². The van der Waals surface area contributed by atoms with Crippen molar-refractivity contribution in [2.24, 2.45) is 0 Å². The summed E-state index contributed by atoms with van der Waals surface area (Å²) in [7, 11) is 5.83. The monoisotopic (exact) mass is 244 g/mol. The molecule has 0 aromatic rings. The molecule has 6 heteroatoms. The Bertz CT molecular complexity index is 246. The number of likely N-dealkylation sites (N-methyl/N-ethyl adjacent to an activating group) is 3. The predicted molar refractivity (Wildman–Crippen MR) is 67.7 cm³/mol. The van der Waals surface area contributed by atoms with Crippen LogP contribution in [0, 0.1) is 0 Å². The Morgan fingerprint density at radius 1 is 1.06 bits per heavy atom. The Morgan fingerprint density at radius 2 is 1.65 bits per heavy atom. The van der Waals surface area contributed by atoms with Crippen molar-refractivity contribution in [2.75, 3.05) is 53.9 Å². The van der Waals surface area contributed by atoms with Gasteiger partial charge in [-0.2, -0.15) is 0 Å². The van der Waals surface area contributed by atoms with E-state index < -0.39 is 0 Å². The zero-order chi connectivity index (χ0) is 13.3. The fourth-order valence-corrected chi connectivity index (χ4v) is 1.32. The summed E-state index contributed by atoms with van der Waals surface area (Å²) in [5.74, 6) is -0.563. The van der Waals surface area contributed by atoms with E-state index in [0.717, 1.165) is 26.2 Å². The fourth-order valence-electron chi connectivity index (χ4n) is 1.32. The van der Waals surface area contributed by atoms with Crippen molar-refractivity contribution < 1.29 is 9.59 Å². The molecule has 0 bridgehead atoms. The molecular formula is C11H24N4O2. The molecule has 0 aromatic carbocycles. The van der Waals surface area contributed by atoms with Gasteiger partial charge in [0.15, 0.2) is 0 Å². The first-order valence-electron chi connectivity index (χ1n) is 5.77. The van der Waals surface area contributed by atoms with Crippen LogP contribution in [0.1, 0.15) is 6.92 Å². The van der Waals surface area contributed by atoms with Crippen molar-refractivity contribution in [2.45, 2.75) is 6.92 Å². The van der Waals surface area contributed by atoms with Crippen molar-refractivity contribution in [3.05, 3.63) is 0 Å². The highest BCUT2D eigenvalue weighted by Gasteiger charge is 2.08. The molecule has 2 N–H and O–H groups in total. The maximum atomic E-state index is 11.3. The molecule has 0 radical (unpaired) electrons. The van der Waals surface area contributed by atoms with Crippen LogP contribution in [0.25, 0.3) is 0 Å². The lowest BCUT2D eigenvalue weighted by molar-refractivity contribution is -0.129. The van der Waals surface area contributed by atoms with Crippen molar-refractivity contribution in [3.8, 4) is 0 Å². The lowest BCUT2D eigenvalue weighted by atomic mass is 10.4. The summed E-state index contributed by atoms with van der Waals surface area (Å²) in [4.78, 5) is 26.0. The Kier molecular flexibility index (Phi) is 8.57. The molecule has 0 rings (SSSR count). The Hall–Kier alpha value is -0.980. The molecule has 0 aliphatic rings. The standard InChI is InChI=1S/C11H24N4O2/c1-10(16)13-11(17)9-15(4)8-7-14(3)6-5-12-2/h12H,5-9H2,1-4H3,(H,13,16,17). The van der Waals surface area contributed by atoms with E-state index >= 15 is 0 Å². The molecular weight excluding hydrogens is 220 g/mol. The summed E-state index contributed by atoms with van der Waals surface area (Å²) in [6, 6.07) is 0. The van der Waals surface area contributed by atoms with Gasteiger partial charge in [-0.25, -0.2) is 0 Å². The molecule has 0 spiro atoms. The van der Waals surface area contributed by atoms with Gasteiger partial charge in [-0.05, 0) is 21.1 Å². The SMILES string of the molecule is CNCCN(C)CCN(C)CC(=O)NC(C)=O. The molecule has 0 heterocycles. The molecule has 100 valence electrons. The van der Waals surface area contributed by atoms with Crippen LogP contribution in [-0.2, 0) is 9.59 Å². The Balaban J connectivity index is 3.67. The van der Waals surface area contributed by atoms with Crippen LogP contribution in [0.2, 0.25) is 0 Å². The number of carbonyl (C=O) groups is 2. The summed E-state index contributed by atoms with van der Waals surface area (Å²) in [5, 5.41) is 5.34. The lowest BCUT2D eigenvalue weighted by Crippen LogP contribution is -2.40. The molecule has 17 heavy (non-hydrogen) atoms. The second-order valence-corrected chi connectivity index (χ2v) is 4.25. The molecule has 0 atom stereocenters. The van der Waals surface area contributed by atoms with Gasteiger partial charge < -0.3 is 10.2 Å².